The van der Waals surface area contributed by atoms with Crippen molar-refractivity contribution in [3.05, 3.63) is 95.3 Å². The van der Waals surface area contributed by atoms with Crippen LogP contribution in [0.5, 0.6) is 0 Å². The molecule has 2 aromatic carbocycles. The Morgan fingerprint density at radius 1 is 0.880 bits per heavy atom. The number of aryl methyl sites for hydroxylation is 1. The van der Waals surface area contributed by atoms with Gasteiger partial charge in [0.2, 0.25) is 0 Å². The van der Waals surface area contributed by atoms with Crippen LogP contribution < -0.4 is 0 Å². The number of benzene rings is 2. The molecule has 128 valence electrons. The van der Waals surface area contributed by atoms with E-state index in [2.05, 4.69) is 39.9 Å². The first-order chi connectivity index (χ1) is 12.2. The second-order valence-electron chi connectivity index (χ2n) is 6.48. The van der Waals surface area contributed by atoms with Gasteiger partial charge in [0.25, 0.3) is 0 Å². The molecular formula is C21H20F2N2. The largest absolute Gasteiger partial charge is 0.350 e. The molecule has 0 N–H and O–H groups in total. The first-order valence-corrected chi connectivity index (χ1v) is 8.61. The Hall–Kier alpha value is -2.46. The van der Waals surface area contributed by atoms with E-state index in [-0.39, 0.29) is 6.04 Å². The van der Waals surface area contributed by atoms with Crippen LogP contribution in [0.3, 0.4) is 0 Å². The van der Waals surface area contributed by atoms with Crippen molar-refractivity contribution in [3.8, 4) is 0 Å². The number of nitrogens with zero attached hydrogens (tertiary/aromatic N) is 2. The fraction of sp³-hybridized carbons (Fsp3) is 0.238. The normalized spacial score (nSPS) is 17.9. The molecule has 0 bridgehead atoms. The molecule has 4 rings (SSSR count). The standard InChI is InChI=1S/C21H20F2N2/c22-18-10-4-9-17(20(18)23)15-25-14-6-13-24-12-5-11-19(24)21(25)16-7-2-1-3-8-16/h1-5,7-12,21H,6,13-15H2. The minimum Gasteiger partial charge on any atom is -0.350 e. The highest BCUT2D eigenvalue weighted by Gasteiger charge is 2.28. The van der Waals surface area contributed by atoms with E-state index in [0.717, 1.165) is 19.5 Å². The molecule has 1 aromatic heterocycles. The van der Waals surface area contributed by atoms with Gasteiger partial charge in [0.1, 0.15) is 0 Å². The van der Waals surface area contributed by atoms with Gasteiger partial charge in [-0.2, -0.15) is 0 Å². The van der Waals surface area contributed by atoms with Crippen LogP contribution in [0.4, 0.5) is 8.78 Å². The maximum absolute atomic E-state index is 14.2. The molecule has 1 unspecified atom stereocenters. The fourth-order valence-corrected chi connectivity index (χ4v) is 3.72. The SMILES string of the molecule is Fc1cccc(CN2CCCn3cccc3C2c2ccccc2)c1F. The van der Waals surface area contributed by atoms with E-state index in [9.17, 15) is 8.78 Å². The molecule has 0 radical (unpaired) electrons. The zero-order chi connectivity index (χ0) is 17.2. The van der Waals surface area contributed by atoms with E-state index in [0.29, 0.717) is 12.1 Å². The average molecular weight is 338 g/mol. The molecule has 0 saturated heterocycles. The van der Waals surface area contributed by atoms with E-state index in [1.165, 1.54) is 17.3 Å². The van der Waals surface area contributed by atoms with Gasteiger partial charge in [-0.05, 0) is 30.2 Å². The second kappa shape index (κ2) is 6.81. The molecule has 1 atom stereocenters. The van der Waals surface area contributed by atoms with Crippen LogP contribution in [0.15, 0.2) is 66.9 Å². The van der Waals surface area contributed by atoms with Crippen molar-refractivity contribution in [2.75, 3.05) is 6.54 Å². The van der Waals surface area contributed by atoms with Gasteiger partial charge >= 0.3 is 0 Å². The van der Waals surface area contributed by atoms with Gasteiger partial charge in [-0.3, -0.25) is 4.90 Å². The smallest absolute Gasteiger partial charge is 0.163 e. The Morgan fingerprint density at radius 3 is 2.56 bits per heavy atom. The Balaban J connectivity index is 1.75. The zero-order valence-electron chi connectivity index (χ0n) is 13.9. The predicted molar refractivity (Wildman–Crippen MR) is 94.1 cm³/mol. The lowest BCUT2D eigenvalue weighted by Gasteiger charge is -2.30. The summed E-state index contributed by atoms with van der Waals surface area (Å²) in [6.07, 6.45) is 3.07. The molecule has 0 fully saturated rings. The van der Waals surface area contributed by atoms with E-state index < -0.39 is 11.6 Å². The summed E-state index contributed by atoms with van der Waals surface area (Å²) >= 11 is 0. The van der Waals surface area contributed by atoms with Crippen LogP contribution in [0.1, 0.15) is 29.3 Å². The summed E-state index contributed by atoms with van der Waals surface area (Å²) in [5.74, 6) is -1.53. The second-order valence-corrected chi connectivity index (χ2v) is 6.48. The molecule has 0 spiro atoms. The third-order valence-corrected chi connectivity index (χ3v) is 4.87. The number of hydrogen-bond donors (Lipinski definition) is 0. The first-order valence-electron chi connectivity index (χ1n) is 8.61. The summed E-state index contributed by atoms with van der Waals surface area (Å²) in [6, 6.07) is 18.9. The van der Waals surface area contributed by atoms with E-state index >= 15 is 0 Å². The molecule has 0 amide bonds. The highest BCUT2D eigenvalue weighted by molar-refractivity contribution is 5.30. The minimum atomic E-state index is -0.785. The van der Waals surface area contributed by atoms with Gasteiger partial charge in [-0.15, -0.1) is 0 Å². The van der Waals surface area contributed by atoms with Gasteiger partial charge < -0.3 is 4.57 Å². The molecule has 1 aliphatic rings. The Bertz CT molecular complexity index is 857. The predicted octanol–water partition coefficient (Wildman–Crippen LogP) is 4.76. The van der Waals surface area contributed by atoms with Crippen molar-refractivity contribution in [3.63, 3.8) is 0 Å². The molecule has 25 heavy (non-hydrogen) atoms. The molecule has 3 aromatic rings. The van der Waals surface area contributed by atoms with Gasteiger partial charge in [0.05, 0.1) is 6.04 Å². The summed E-state index contributed by atoms with van der Waals surface area (Å²) < 4.78 is 30.1. The van der Waals surface area contributed by atoms with Crippen LogP contribution in [0.2, 0.25) is 0 Å². The third kappa shape index (κ3) is 3.10. The summed E-state index contributed by atoms with van der Waals surface area (Å²) in [5.41, 5.74) is 2.77. The summed E-state index contributed by atoms with van der Waals surface area (Å²) in [7, 11) is 0. The number of halogens is 2. The number of rotatable bonds is 3. The van der Waals surface area contributed by atoms with Crippen molar-refractivity contribution in [2.45, 2.75) is 25.6 Å². The monoisotopic (exact) mass is 338 g/mol. The molecule has 1 aliphatic heterocycles. The van der Waals surface area contributed by atoms with Crippen LogP contribution in [-0.2, 0) is 13.1 Å². The van der Waals surface area contributed by atoms with Crippen LogP contribution in [0, 0.1) is 11.6 Å². The quantitative estimate of drug-likeness (QED) is 0.668. The number of hydrogen-bond acceptors (Lipinski definition) is 1. The maximum atomic E-state index is 14.2. The fourth-order valence-electron chi connectivity index (χ4n) is 3.72. The Morgan fingerprint density at radius 2 is 1.72 bits per heavy atom. The van der Waals surface area contributed by atoms with E-state index in [1.807, 2.05) is 18.2 Å². The third-order valence-electron chi connectivity index (χ3n) is 4.87. The van der Waals surface area contributed by atoms with E-state index in [1.54, 1.807) is 12.1 Å². The number of aromatic nitrogens is 1. The molecule has 2 heterocycles. The Labute approximate surface area is 146 Å². The maximum Gasteiger partial charge on any atom is 0.163 e. The van der Waals surface area contributed by atoms with Gasteiger partial charge in [-0.1, -0.05) is 42.5 Å². The van der Waals surface area contributed by atoms with Crippen molar-refractivity contribution in [1.29, 1.82) is 0 Å². The number of fused-ring (bicyclic) bond motifs is 1. The lowest BCUT2D eigenvalue weighted by Crippen LogP contribution is -2.30. The summed E-state index contributed by atoms with van der Waals surface area (Å²) in [6.45, 7) is 2.15. The Kier molecular flexibility index (Phi) is 4.36. The van der Waals surface area contributed by atoms with Crippen LogP contribution in [0.25, 0.3) is 0 Å². The van der Waals surface area contributed by atoms with E-state index in [4.69, 9.17) is 0 Å². The summed E-state index contributed by atoms with van der Waals surface area (Å²) in [5, 5.41) is 0. The first kappa shape index (κ1) is 16.0. The highest BCUT2D eigenvalue weighted by Crippen LogP contribution is 2.33. The van der Waals surface area contributed by atoms with Gasteiger partial charge in [0, 0.05) is 37.1 Å². The van der Waals surface area contributed by atoms with Crippen molar-refractivity contribution in [2.24, 2.45) is 0 Å². The minimum absolute atomic E-state index is 0.0290. The molecule has 4 heteroatoms. The molecule has 0 saturated carbocycles. The van der Waals surface area contributed by atoms with Gasteiger partial charge in [-0.25, -0.2) is 8.78 Å². The van der Waals surface area contributed by atoms with Crippen LogP contribution >= 0.6 is 0 Å². The van der Waals surface area contributed by atoms with Crippen LogP contribution in [-0.4, -0.2) is 16.0 Å². The van der Waals surface area contributed by atoms with Gasteiger partial charge in [0.15, 0.2) is 11.6 Å². The van der Waals surface area contributed by atoms with Crippen molar-refractivity contribution in [1.82, 2.24) is 9.47 Å². The average Bonchev–Trinajstić information content (AvgIpc) is 3.01. The lowest BCUT2D eigenvalue weighted by molar-refractivity contribution is 0.216. The van der Waals surface area contributed by atoms with Crippen molar-refractivity contribution < 1.29 is 8.78 Å². The zero-order valence-corrected chi connectivity index (χ0v) is 13.9. The topological polar surface area (TPSA) is 8.17 Å². The molecular weight excluding hydrogens is 318 g/mol. The highest BCUT2D eigenvalue weighted by atomic mass is 19.2. The summed E-state index contributed by atoms with van der Waals surface area (Å²) in [4.78, 5) is 2.24. The lowest BCUT2D eigenvalue weighted by atomic mass is 10.0. The molecule has 0 aliphatic carbocycles. The molecule has 2 nitrogen and oxygen atoms in total. The van der Waals surface area contributed by atoms with Crippen molar-refractivity contribution >= 4 is 0 Å².